The van der Waals surface area contributed by atoms with Gasteiger partial charge < -0.3 is 5.11 Å². The summed E-state index contributed by atoms with van der Waals surface area (Å²) in [5.41, 5.74) is 2.16. The van der Waals surface area contributed by atoms with Gasteiger partial charge in [0.25, 0.3) is 0 Å². The minimum absolute atomic E-state index is 0.455. The molecule has 0 saturated carbocycles. The molecular weight excluding hydrogens is 290 g/mol. The van der Waals surface area contributed by atoms with Gasteiger partial charge in [-0.1, -0.05) is 18.2 Å². The minimum atomic E-state index is -0.455. The van der Waals surface area contributed by atoms with Crippen molar-refractivity contribution in [3.63, 3.8) is 0 Å². The maximum atomic E-state index is 10.1. The van der Waals surface area contributed by atoms with Crippen molar-refractivity contribution in [1.29, 1.82) is 0 Å². The van der Waals surface area contributed by atoms with Crippen LogP contribution in [0, 0.1) is 0 Å². The van der Waals surface area contributed by atoms with Gasteiger partial charge in [-0.2, -0.15) is 10.2 Å². The first-order valence-electron chi connectivity index (χ1n) is 7.64. The van der Waals surface area contributed by atoms with Crippen molar-refractivity contribution in [2.24, 2.45) is 0 Å². The van der Waals surface area contributed by atoms with Gasteiger partial charge in [-0.3, -0.25) is 9.58 Å². The molecular formula is C17H21N5O. The average Bonchev–Trinajstić information content (AvgIpc) is 3.20. The molecule has 0 fully saturated rings. The van der Waals surface area contributed by atoms with Crippen molar-refractivity contribution < 1.29 is 5.11 Å². The van der Waals surface area contributed by atoms with Gasteiger partial charge >= 0.3 is 0 Å². The summed E-state index contributed by atoms with van der Waals surface area (Å²) in [5.74, 6) is 0. The van der Waals surface area contributed by atoms with E-state index in [0.717, 1.165) is 17.8 Å². The minimum Gasteiger partial charge on any atom is -0.390 e. The number of benzene rings is 1. The van der Waals surface area contributed by atoms with Gasteiger partial charge in [0.2, 0.25) is 0 Å². The monoisotopic (exact) mass is 311 g/mol. The van der Waals surface area contributed by atoms with E-state index in [1.807, 2.05) is 66.7 Å². The van der Waals surface area contributed by atoms with Gasteiger partial charge in [0.05, 0.1) is 24.5 Å². The third-order valence-electron chi connectivity index (χ3n) is 3.59. The second kappa shape index (κ2) is 7.21. The summed E-state index contributed by atoms with van der Waals surface area (Å²) in [5, 5.41) is 18.6. The van der Waals surface area contributed by atoms with Crippen molar-refractivity contribution in [2.45, 2.75) is 19.2 Å². The van der Waals surface area contributed by atoms with Gasteiger partial charge in [0.1, 0.15) is 0 Å². The molecule has 0 bridgehead atoms. The zero-order valence-electron chi connectivity index (χ0n) is 13.2. The van der Waals surface area contributed by atoms with Crippen LogP contribution in [0.3, 0.4) is 0 Å². The van der Waals surface area contributed by atoms with Crippen LogP contribution in [0.4, 0.5) is 0 Å². The molecule has 0 unspecified atom stereocenters. The lowest BCUT2D eigenvalue weighted by molar-refractivity contribution is 0.104. The molecule has 1 atom stereocenters. The fourth-order valence-corrected chi connectivity index (χ4v) is 2.58. The van der Waals surface area contributed by atoms with Gasteiger partial charge in [0.15, 0.2) is 0 Å². The van der Waals surface area contributed by atoms with E-state index in [-0.39, 0.29) is 0 Å². The molecule has 2 aromatic heterocycles. The third-order valence-corrected chi connectivity index (χ3v) is 3.59. The second-order valence-corrected chi connectivity index (χ2v) is 5.71. The highest BCUT2D eigenvalue weighted by Crippen LogP contribution is 2.09. The Morgan fingerprint density at radius 2 is 2.00 bits per heavy atom. The van der Waals surface area contributed by atoms with Crippen molar-refractivity contribution in [2.75, 3.05) is 13.6 Å². The molecule has 0 aliphatic heterocycles. The topological polar surface area (TPSA) is 59.1 Å². The maximum Gasteiger partial charge on any atom is 0.0862 e. The van der Waals surface area contributed by atoms with Crippen LogP contribution >= 0.6 is 0 Å². The summed E-state index contributed by atoms with van der Waals surface area (Å²) in [6, 6.07) is 11.9. The third kappa shape index (κ3) is 4.28. The molecule has 0 radical (unpaired) electrons. The van der Waals surface area contributed by atoms with Crippen LogP contribution in [0.1, 0.15) is 5.56 Å². The molecule has 0 amide bonds. The molecule has 6 heteroatoms. The normalized spacial score (nSPS) is 12.7. The van der Waals surface area contributed by atoms with Crippen LogP contribution in [0.15, 0.2) is 61.2 Å². The molecule has 0 spiro atoms. The summed E-state index contributed by atoms with van der Waals surface area (Å²) in [6.07, 6.45) is 7.00. The number of likely N-dealkylation sites (N-methyl/N-ethyl adjacent to an activating group) is 1. The number of hydrogen-bond acceptors (Lipinski definition) is 4. The number of aliphatic hydroxyl groups is 1. The lowest BCUT2D eigenvalue weighted by atomic mass is 10.3. The van der Waals surface area contributed by atoms with E-state index in [1.54, 1.807) is 10.9 Å². The van der Waals surface area contributed by atoms with Gasteiger partial charge in [0, 0.05) is 37.2 Å². The summed E-state index contributed by atoms with van der Waals surface area (Å²) >= 11 is 0. The zero-order chi connectivity index (χ0) is 16.1. The first-order chi connectivity index (χ1) is 11.2. The van der Waals surface area contributed by atoms with Gasteiger partial charge in [-0.05, 0) is 25.2 Å². The Balaban J connectivity index is 1.54. The van der Waals surface area contributed by atoms with Gasteiger partial charge in [-0.15, -0.1) is 0 Å². The molecule has 23 heavy (non-hydrogen) atoms. The van der Waals surface area contributed by atoms with E-state index in [9.17, 15) is 5.11 Å². The number of hydrogen-bond donors (Lipinski definition) is 1. The SMILES string of the molecule is CN(Cc1cnn(-c2ccccc2)c1)C[C@H](O)Cn1cccn1. The largest absolute Gasteiger partial charge is 0.390 e. The van der Waals surface area contributed by atoms with Gasteiger partial charge in [-0.25, -0.2) is 4.68 Å². The van der Waals surface area contributed by atoms with Crippen LogP contribution in [-0.2, 0) is 13.1 Å². The predicted octanol–water partition coefficient (Wildman–Crippen LogP) is 1.56. The first-order valence-corrected chi connectivity index (χ1v) is 7.64. The van der Waals surface area contributed by atoms with Crippen LogP contribution in [0.5, 0.6) is 0 Å². The predicted molar refractivity (Wildman–Crippen MR) is 88.1 cm³/mol. The van der Waals surface area contributed by atoms with E-state index in [0.29, 0.717) is 13.1 Å². The second-order valence-electron chi connectivity index (χ2n) is 5.71. The molecule has 0 aliphatic rings. The fraction of sp³-hybridized carbons (Fsp3) is 0.294. The average molecular weight is 311 g/mol. The number of aromatic nitrogens is 4. The number of para-hydroxylation sites is 1. The Hall–Kier alpha value is -2.44. The van der Waals surface area contributed by atoms with Crippen LogP contribution in [-0.4, -0.2) is 49.3 Å². The standard InChI is InChI=1S/C17H21N5O/c1-20(13-17(23)14-21-9-5-8-18-21)11-15-10-19-22(12-15)16-6-3-2-4-7-16/h2-10,12,17,23H,11,13-14H2,1H3/t17-/m0/s1. The molecule has 1 N–H and O–H groups in total. The fourth-order valence-electron chi connectivity index (χ4n) is 2.58. The molecule has 0 aliphatic carbocycles. The number of aliphatic hydroxyl groups excluding tert-OH is 1. The Morgan fingerprint density at radius 3 is 2.74 bits per heavy atom. The van der Waals surface area contributed by atoms with E-state index in [2.05, 4.69) is 15.1 Å². The highest BCUT2D eigenvalue weighted by molar-refractivity contribution is 5.30. The Morgan fingerprint density at radius 1 is 1.17 bits per heavy atom. The van der Waals surface area contributed by atoms with E-state index in [1.165, 1.54) is 0 Å². The lowest BCUT2D eigenvalue weighted by Gasteiger charge is -2.19. The van der Waals surface area contributed by atoms with E-state index in [4.69, 9.17) is 0 Å². The molecule has 3 aromatic rings. The van der Waals surface area contributed by atoms with Crippen molar-refractivity contribution in [3.05, 3.63) is 66.7 Å². The molecule has 6 nitrogen and oxygen atoms in total. The zero-order valence-corrected chi connectivity index (χ0v) is 13.2. The van der Waals surface area contributed by atoms with Crippen molar-refractivity contribution in [1.82, 2.24) is 24.5 Å². The van der Waals surface area contributed by atoms with Crippen molar-refractivity contribution in [3.8, 4) is 5.69 Å². The smallest absolute Gasteiger partial charge is 0.0862 e. The molecule has 3 rings (SSSR count). The lowest BCUT2D eigenvalue weighted by Crippen LogP contribution is -2.31. The van der Waals surface area contributed by atoms with Crippen LogP contribution in [0.2, 0.25) is 0 Å². The molecule has 0 saturated heterocycles. The number of nitrogens with zero attached hydrogens (tertiary/aromatic N) is 5. The molecule has 1 aromatic carbocycles. The molecule has 120 valence electrons. The van der Waals surface area contributed by atoms with Crippen molar-refractivity contribution >= 4 is 0 Å². The van der Waals surface area contributed by atoms with E-state index < -0.39 is 6.10 Å². The summed E-state index contributed by atoms with van der Waals surface area (Å²) in [4.78, 5) is 2.08. The van der Waals surface area contributed by atoms with Crippen LogP contribution < -0.4 is 0 Å². The van der Waals surface area contributed by atoms with Crippen LogP contribution in [0.25, 0.3) is 5.69 Å². The summed E-state index contributed by atoms with van der Waals surface area (Å²) in [7, 11) is 1.99. The highest BCUT2D eigenvalue weighted by Gasteiger charge is 2.11. The summed E-state index contributed by atoms with van der Waals surface area (Å²) < 4.78 is 3.61. The first kappa shape index (κ1) is 15.5. The molecule has 2 heterocycles. The van der Waals surface area contributed by atoms with E-state index >= 15 is 0 Å². The Labute approximate surface area is 135 Å². The Bertz CT molecular complexity index is 708. The summed E-state index contributed by atoms with van der Waals surface area (Å²) in [6.45, 7) is 1.82. The quantitative estimate of drug-likeness (QED) is 0.719. The Kier molecular flexibility index (Phi) is 4.85. The number of rotatable bonds is 7. The maximum absolute atomic E-state index is 10.1. The highest BCUT2D eigenvalue weighted by atomic mass is 16.3.